The van der Waals surface area contributed by atoms with E-state index in [1.165, 1.54) is 0 Å². The molecule has 2 nitrogen and oxygen atoms in total. The van der Waals surface area contributed by atoms with E-state index in [4.69, 9.17) is 18.0 Å². The smallest absolute Gasteiger partial charge is 0.227 e. The Kier molecular flexibility index (Phi) is 4.39. The Morgan fingerprint density at radius 3 is 2.88 bits per heavy atom. The summed E-state index contributed by atoms with van der Waals surface area (Å²) in [6, 6.07) is 7.08. The van der Waals surface area contributed by atoms with Crippen molar-refractivity contribution in [3.8, 4) is 12.3 Å². The van der Waals surface area contributed by atoms with Gasteiger partial charge in [0, 0.05) is 12.1 Å². The van der Waals surface area contributed by atoms with Gasteiger partial charge < -0.3 is 4.90 Å². The van der Waals surface area contributed by atoms with Crippen molar-refractivity contribution in [2.75, 3.05) is 7.05 Å². The van der Waals surface area contributed by atoms with E-state index in [-0.39, 0.29) is 11.9 Å². The van der Waals surface area contributed by atoms with Crippen molar-refractivity contribution >= 4 is 17.5 Å². The van der Waals surface area contributed by atoms with Crippen LogP contribution in [0.25, 0.3) is 0 Å². The van der Waals surface area contributed by atoms with E-state index < -0.39 is 0 Å². The van der Waals surface area contributed by atoms with Crippen LogP contribution in [-0.2, 0) is 11.2 Å². The zero-order valence-electron chi connectivity index (χ0n) is 9.40. The van der Waals surface area contributed by atoms with Crippen molar-refractivity contribution in [2.24, 2.45) is 0 Å². The Bertz CT molecular complexity index is 422. The largest absolute Gasteiger partial charge is 0.332 e. The van der Waals surface area contributed by atoms with Gasteiger partial charge in [0.1, 0.15) is 0 Å². The van der Waals surface area contributed by atoms with E-state index in [0.717, 1.165) is 5.56 Å². The Labute approximate surface area is 101 Å². The van der Waals surface area contributed by atoms with Crippen LogP contribution < -0.4 is 0 Å². The summed E-state index contributed by atoms with van der Waals surface area (Å²) in [5, 5.41) is 0.637. The van der Waals surface area contributed by atoms with Crippen molar-refractivity contribution in [3.05, 3.63) is 34.9 Å². The molecular formula is C13H14ClNO. The minimum Gasteiger partial charge on any atom is -0.332 e. The molecule has 0 unspecified atom stereocenters. The maximum Gasteiger partial charge on any atom is 0.227 e. The highest BCUT2D eigenvalue weighted by atomic mass is 35.5. The third-order valence-corrected chi connectivity index (χ3v) is 2.70. The number of carbonyl (C=O) groups is 1. The number of nitrogens with zero attached hydrogens (tertiary/aromatic N) is 1. The molecule has 0 N–H and O–H groups in total. The van der Waals surface area contributed by atoms with Gasteiger partial charge in [-0.05, 0) is 24.6 Å². The summed E-state index contributed by atoms with van der Waals surface area (Å²) >= 11 is 5.84. The van der Waals surface area contributed by atoms with Gasteiger partial charge in [-0.3, -0.25) is 4.79 Å². The first-order chi connectivity index (χ1) is 7.54. The minimum absolute atomic E-state index is 0.00674. The number of carbonyl (C=O) groups excluding carboxylic acids is 1. The molecule has 1 aromatic rings. The van der Waals surface area contributed by atoms with Crippen molar-refractivity contribution in [3.63, 3.8) is 0 Å². The number of likely N-dealkylation sites (N-methyl/N-ethyl adjacent to an activating group) is 1. The molecule has 1 aromatic carbocycles. The fourth-order valence-electron chi connectivity index (χ4n) is 1.27. The second kappa shape index (κ2) is 5.58. The number of rotatable bonds is 3. The lowest BCUT2D eigenvalue weighted by Gasteiger charge is -2.20. The number of halogens is 1. The molecule has 0 aliphatic carbocycles. The van der Waals surface area contributed by atoms with Crippen molar-refractivity contribution in [2.45, 2.75) is 19.4 Å². The van der Waals surface area contributed by atoms with E-state index in [2.05, 4.69) is 5.92 Å². The predicted molar refractivity (Wildman–Crippen MR) is 66.2 cm³/mol. The molecule has 0 heterocycles. The first kappa shape index (κ1) is 12.6. The number of amides is 1. The zero-order valence-corrected chi connectivity index (χ0v) is 10.2. The average Bonchev–Trinajstić information content (AvgIpc) is 2.27. The van der Waals surface area contributed by atoms with E-state index >= 15 is 0 Å². The number of terminal acetylenes is 1. The maximum atomic E-state index is 11.8. The molecule has 0 saturated heterocycles. The lowest BCUT2D eigenvalue weighted by molar-refractivity contribution is -0.130. The van der Waals surface area contributed by atoms with Gasteiger partial charge >= 0.3 is 0 Å². The lowest BCUT2D eigenvalue weighted by Crippen LogP contribution is -2.35. The van der Waals surface area contributed by atoms with Crippen LogP contribution in [0.1, 0.15) is 12.5 Å². The highest BCUT2D eigenvalue weighted by Crippen LogP contribution is 2.12. The van der Waals surface area contributed by atoms with Crippen LogP contribution in [0.4, 0.5) is 0 Å². The molecule has 84 valence electrons. The number of benzene rings is 1. The number of hydrogen-bond acceptors (Lipinski definition) is 1. The first-order valence-corrected chi connectivity index (χ1v) is 5.38. The van der Waals surface area contributed by atoms with Crippen LogP contribution in [0.15, 0.2) is 24.3 Å². The number of hydrogen-bond donors (Lipinski definition) is 0. The van der Waals surface area contributed by atoms with Gasteiger partial charge in [-0.15, -0.1) is 6.42 Å². The summed E-state index contributed by atoms with van der Waals surface area (Å²) in [6.07, 6.45) is 5.59. The highest BCUT2D eigenvalue weighted by Gasteiger charge is 2.13. The fourth-order valence-corrected chi connectivity index (χ4v) is 1.49. The van der Waals surface area contributed by atoms with Crippen molar-refractivity contribution < 1.29 is 4.79 Å². The molecule has 0 aliphatic heterocycles. The zero-order chi connectivity index (χ0) is 12.1. The Morgan fingerprint density at radius 1 is 1.62 bits per heavy atom. The molecule has 16 heavy (non-hydrogen) atoms. The second-order valence-electron chi connectivity index (χ2n) is 3.65. The molecule has 1 atom stereocenters. The topological polar surface area (TPSA) is 20.3 Å². The molecule has 1 amide bonds. The normalized spacial score (nSPS) is 11.6. The van der Waals surface area contributed by atoms with E-state index in [0.29, 0.717) is 11.4 Å². The molecule has 3 heteroatoms. The van der Waals surface area contributed by atoms with Gasteiger partial charge in [-0.1, -0.05) is 29.7 Å². The van der Waals surface area contributed by atoms with E-state index in [9.17, 15) is 4.79 Å². The third kappa shape index (κ3) is 3.29. The molecule has 0 aromatic heterocycles. The van der Waals surface area contributed by atoms with Gasteiger partial charge in [-0.25, -0.2) is 0 Å². The molecule has 0 saturated carbocycles. The van der Waals surface area contributed by atoms with Crippen LogP contribution >= 0.6 is 11.6 Å². The van der Waals surface area contributed by atoms with Gasteiger partial charge in [0.15, 0.2) is 0 Å². The van der Waals surface area contributed by atoms with Crippen molar-refractivity contribution in [1.29, 1.82) is 0 Å². The monoisotopic (exact) mass is 235 g/mol. The molecule has 0 radical (unpaired) electrons. The Balaban J connectivity index is 2.69. The molecule has 0 spiro atoms. The summed E-state index contributed by atoms with van der Waals surface area (Å²) in [5.41, 5.74) is 0.897. The van der Waals surface area contributed by atoms with Gasteiger partial charge in [-0.2, -0.15) is 0 Å². The predicted octanol–water partition coefficient (Wildman–Crippen LogP) is 2.36. The standard InChI is InChI=1S/C13H14ClNO/c1-4-10(2)15(3)13(16)9-11-6-5-7-12(14)8-11/h1,5-8,10H,9H2,2-3H3/t10-/m1/s1. The van der Waals surface area contributed by atoms with Crippen LogP contribution in [-0.4, -0.2) is 23.9 Å². The fraction of sp³-hybridized carbons (Fsp3) is 0.308. The van der Waals surface area contributed by atoms with E-state index in [1.807, 2.05) is 19.1 Å². The van der Waals surface area contributed by atoms with Gasteiger partial charge in [0.2, 0.25) is 5.91 Å². The summed E-state index contributed by atoms with van der Waals surface area (Å²) in [7, 11) is 1.71. The molecule has 0 bridgehead atoms. The van der Waals surface area contributed by atoms with Gasteiger partial charge in [0.25, 0.3) is 0 Å². The van der Waals surface area contributed by atoms with E-state index in [1.54, 1.807) is 24.1 Å². The van der Waals surface area contributed by atoms with Crippen LogP contribution in [0, 0.1) is 12.3 Å². The molecule has 0 fully saturated rings. The molecule has 1 rings (SSSR count). The Hall–Kier alpha value is -1.46. The van der Waals surface area contributed by atoms with Crippen LogP contribution in [0.3, 0.4) is 0 Å². The van der Waals surface area contributed by atoms with Crippen LogP contribution in [0.2, 0.25) is 5.02 Å². The summed E-state index contributed by atoms with van der Waals surface area (Å²) < 4.78 is 0. The SMILES string of the molecule is C#C[C@@H](C)N(C)C(=O)Cc1cccc(Cl)c1. The quantitative estimate of drug-likeness (QED) is 0.737. The maximum absolute atomic E-state index is 11.8. The molecule has 0 aliphatic rings. The minimum atomic E-state index is -0.188. The summed E-state index contributed by atoms with van der Waals surface area (Å²) in [6.45, 7) is 1.82. The van der Waals surface area contributed by atoms with Gasteiger partial charge in [0.05, 0.1) is 12.5 Å². The average molecular weight is 236 g/mol. The molecular weight excluding hydrogens is 222 g/mol. The summed E-state index contributed by atoms with van der Waals surface area (Å²) in [4.78, 5) is 13.4. The Morgan fingerprint density at radius 2 is 2.31 bits per heavy atom. The lowest BCUT2D eigenvalue weighted by atomic mass is 10.1. The summed E-state index contributed by atoms with van der Waals surface area (Å²) in [5.74, 6) is 2.52. The highest BCUT2D eigenvalue weighted by molar-refractivity contribution is 6.30. The second-order valence-corrected chi connectivity index (χ2v) is 4.09. The van der Waals surface area contributed by atoms with Crippen molar-refractivity contribution in [1.82, 2.24) is 4.90 Å². The third-order valence-electron chi connectivity index (χ3n) is 2.46. The first-order valence-electron chi connectivity index (χ1n) is 5.01. The van der Waals surface area contributed by atoms with Crippen LogP contribution in [0.5, 0.6) is 0 Å².